The lowest BCUT2D eigenvalue weighted by Gasteiger charge is -2.23. The van der Waals surface area contributed by atoms with E-state index < -0.39 is 0 Å². The van der Waals surface area contributed by atoms with Crippen LogP contribution in [0.3, 0.4) is 0 Å². The van der Waals surface area contributed by atoms with Crippen molar-refractivity contribution in [1.29, 1.82) is 0 Å². The largest absolute Gasteiger partial charge is 0.490 e. The molecule has 128 valence electrons. The summed E-state index contributed by atoms with van der Waals surface area (Å²) in [6.07, 6.45) is 3.88. The summed E-state index contributed by atoms with van der Waals surface area (Å²) in [5, 5.41) is 6.91. The van der Waals surface area contributed by atoms with Crippen molar-refractivity contribution in [3.8, 4) is 28.5 Å². The van der Waals surface area contributed by atoms with Crippen LogP contribution in [0.15, 0.2) is 60.8 Å². The van der Waals surface area contributed by atoms with Crippen molar-refractivity contribution in [3.05, 3.63) is 60.8 Å². The fraction of sp³-hybridized carbons (Fsp3) is 0.250. The highest BCUT2D eigenvalue weighted by Gasteiger charge is 2.15. The average molecular weight is 336 g/mol. The van der Waals surface area contributed by atoms with Crippen LogP contribution >= 0.6 is 0 Å². The molecular weight excluding hydrogens is 316 g/mol. The first-order valence-corrected chi connectivity index (χ1v) is 8.49. The topological polar surface area (TPSA) is 56.4 Å². The predicted molar refractivity (Wildman–Crippen MR) is 95.0 cm³/mol. The van der Waals surface area contributed by atoms with E-state index in [1.807, 2.05) is 54.6 Å². The monoisotopic (exact) mass is 336 g/mol. The van der Waals surface area contributed by atoms with Gasteiger partial charge in [-0.1, -0.05) is 0 Å². The molecule has 25 heavy (non-hydrogen) atoms. The Morgan fingerprint density at radius 1 is 0.840 bits per heavy atom. The van der Waals surface area contributed by atoms with Gasteiger partial charge in [0, 0.05) is 19.0 Å². The predicted octanol–water partition coefficient (Wildman–Crippen LogP) is 4.43. The number of benzene rings is 2. The molecule has 1 N–H and O–H groups in total. The summed E-state index contributed by atoms with van der Waals surface area (Å²) < 4.78 is 17.2. The molecule has 2 heterocycles. The van der Waals surface area contributed by atoms with E-state index in [4.69, 9.17) is 14.2 Å². The molecule has 1 aromatic heterocycles. The first kappa shape index (κ1) is 15.7. The molecule has 0 spiro atoms. The Labute approximate surface area is 146 Å². The fourth-order valence-corrected chi connectivity index (χ4v) is 2.83. The minimum absolute atomic E-state index is 0.246. The second-order valence-corrected chi connectivity index (χ2v) is 6.00. The van der Waals surface area contributed by atoms with Gasteiger partial charge >= 0.3 is 0 Å². The summed E-state index contributed by atoms with van der Waals surface area (Å²) in [5.74, 6) is 2.45. The van der Waals surface area contributed by atoms with Crippen LogP contribution in [0.1, 0.15) is 12.8 Å². The van der Waals surface area contributed by atoms with Crippen molar-refractivity contribution in [1.82, 2.24) is 10.2 Å². The highest BCUT2D eigenvalue weighted by atomic mass is 16.5. The third-order valence-electron chi connectivity index (χ3n) is 4.20. The van der Waals surface area contributed by atoms with Gasteiger partial charge in [-0.25, -0.2) is 0 Å². The van der Waals surface area contributed by atoms with Crippen LogP contribution in [0.5, 0.6) is 17.2 Å². The van der Waals surface area contributed by atoms with Gasteiger partial charge in [-0.3, -0.25) is 5.10 Å². The molecule has 1 fully saturated rings. The van der Waals surface area contributed by atoms with Crippen LogP contribution in [-0.4, -0.2) is 29.5 Å². The summed E-state index contributed by atoms with van der Waals surface area (Å²) in [4.78, 5) is 0. The summed E-state index contributed by atoms with van der Waals surface area (Å²) in [6, 6.07) is 17.6. The molecule has 3 aromatic rings. The number of rotatable bonds is 5. The number of ether oxygens (including phenoxy) is 3. The van der Waals surface area contributed by atoms with Gasteiger partial charge in [0.2, 0.25) is 0 Å². The third kappa shape index (κ3) is 4.00. The number of hydrogen-bond donors (Lipinski definition) is 1. The molecule has 0 radical (unpaired) electrons. The Morgan fingerprint density at radius 3 is 2.12 bits per heavy atom. The minimum Gasteiger partial charge on any atom is -0.490 e. The van der Waals surface area contributed by atoms with Crippen LogP contribution in [0, 0.1) is 0 Å². The van der Waals surface area contributed by atoms with E-state index in [0.717, 1.165) is 54.6 Å². The molecule has 0 saturated carbocycles. The summed E-state index contributed by atoms with van der Waals surface area (Å²) in [7, 11) is 0. The first-order chi connectivity index (χ1) is 12.4. The van der Waals surface area contributed by atoms with E-state index in [9.17, 15) is 0 Å². The second kappa shape index (κ2) is 7.40. The van der Waals surface area contributed by atoms with Crippen LogP contribution in [0.4, 0.5) is 0 Å². The molecule has 0 atom stereocenters. The molecule has 1 aliphatic heterocycles. The lowest BCUT2D eigenvalue weighted by atomic mass is 10.1. The Bertz CT molecular complexity index is 777. The maximum Gasteiger partial charge on any atom is 0.127 e. The van der Waals surface area contributed by atoms with E-state index in [1.165, 1.54) is 0 Å². The Hall–Kier alpha value is -2.79. The zero-order valence-electron chi connectivity index (χ0n) is 13.9. The van der Waals surface area contributed by atoms with Crippen molar-refractivity contribution < 1.29 is 14.2 Å². The van der Waals surface area contributed by atoms with Crippen molar-refractivity contribution in [2.45, 2.75) is 18.9 Å². The third-order valence-corrected chi connectivity index (χ3v) is 4.20. The van der Waals surface area contributed by atoms with E-state index in [0.29, 0.717) is 0 Å². The van der Waals surface area contributed by atoms with E-state index in [1.54, 1.807) is 6.20 Å². The van der Waals surface area contributed by atoms with Gasteiger partial charge in [-0.2, -0.15) is 5.10 Å². The lowest BCUT2D eigenvalue weighted by molar-refractivity contribution is 0.0255. The molecule has 0 aliphatic carbocycles. The minimum atomic E-state index is 0.246. The maximum absolute atomic E-state index is 5.97. The van der Waals surface area contributed by atoms with Crippen LogP contribution in [0.25, 0.3) is 11.3 Å². The van der Waals surface area contributed by atoms with Crippen molar-refractivity contribution in [2.75, 3.05) is 13.2 Å². The molecule has 0 unspecified atom stereocenters. The number of H-pyrrole nitrogens is 1. The summed E-state index contributed by atoms with van der Waals surface area (Å²) in [5.41, 5.74) is 2.06. The summed E-state index contributed by atoms with van der Waals surface area (Å²) >= 11 is 0. The highest BCUT2D eigenvalue weighted by molar-refractivity contribution is 5.59. The Kier molecular flexibility index (Phi) is 4.65. The van der Waals surface area contributed by atoms with Crippen molar-refractivity contribution in [2.24, 2.45) is 0 Å². The lowest BCUT2D eigenvalue weighted by Crippen LogP contribution is -2.25. The van der Waals surface area contributed by atoms with Crippen LogP contribution in [-0.2, 0) is 4.74 Å². The molecule has 5 nitrogen and oxygen atoms in total. The second-order valence-electron chi connectivity index (χ2n) is 6.00. The van der Waals surface area contributed by atoms with Crippen molar-refractivity contribution >= 4 is 0 Å². The molecule has 1 saturated heterocycles. The van der Waals surface area contributed by atoms with E-state index >= 15 is 0 Å². The fourth-order valence-electron chi connectivity index (χ4n) is 2.83. The average Bonchev–Trinajstić information content (AvgIpc) is 3.20. The molecule has 2 aromatic carbocycles. The van der Waals surface area contributed by atoms with E-state index in [2.05, 4.69) is 10.2 Å². The van der Waals surface area contributed by atoms with Crippen LogP contribution in [0.2, 0.25) is 0 Å². The number of aromatic amines is 1. The molecule has 5 heteroatoms. The highest BCUT2D eigenvalue weighted by Crippen LogP contribution is 2.27. The maximum atomic E-state index is 5.97. The number of aromatic nitrogens is 2. The quantitative estimate of drug-likeness (QED) is 0.749. The summed E-state index contributed by atoms with van der Waals surface area (Å²) in [6.45, 7) is 1.56. The van der Waals surface area contributed by atoms with Gasteiger partial charge in [0.05, 0.1) is 18.9 Å². The zero-order valence-corrected chi connectivity index (χ0v) is 13.9. The molecule has 0 amide bonds. The number of nitrogens with one attached hydrogen (secondary N) is 1. The van der Waals surface area contributed by atoms with Crippen molar-refractivity contribution in [3.63, 3.8) is 0 Å². The van der Waals surface area contributed by atoms with Gasteiger partial charge in [0.15, 0.2) is 0 Å². The van der Waals surface area contributed by atoms with E-state index in [-0.39, 0.29) is 6.10 Å². The Morgan fingerprint density at radius 2 is 1.48 bits per heavy atom. The number of nitrogens with zero attached hydrogens (tertiary/aromatic N) is 1. The number of hydrogen-bond acceptors (Lipinski definition) is 4. The van der Waals surface area contributed by atoms with Gasteiger partial charge in [0.25, 0.3) is 0 Å². The SMILES string of the molecule is c1cc(-c2ccc(Oc3ccc(OC4CCOCC4)cc3)cc2)[nH]n1. The molecule has 0 bridgehead atoms. The van der Waals surface area contributed by atoms with Crippen LogP contribution < -0.4 is 9.47 Å². The first-order valence-electron chi connectivity index (χ1n) is 8.49. The molecule has 4 rings (SSSR count). The van der Waals surface area contributed by atoms with Gasteiger partial charge in [-0.15, -0.1) is 0 Å². The van der Waals surface area contributed by atoms with Gasteiger partial charge in [0.1, 0.15) is 23.4 Å². The Balaban J connectivity index is 1.37. The standard InChI is InChI=1S/C20H20N2O3/c1-3-16(4-2-15(1)20-9-12-21-22-20)24-17-5-7-18(8-6-17)25-19-10-13-23-14-11-19/h1-9,12,19H,10-11,13-14H2,(H,21,22). The molecule has 1 aliphatic rings. The smallest absolute Gasteiger partial charge is 0.127 e. The van der Waals surface area contributed by atoms with Gasteiger partial charge in [-0.05, 0) is 60.2 Å². The normalized spacial score (nSPS) is 15.0. The van der Waals surface area contributed by atoms with Gasteiger partial charge < -0.3 is 14.2 Å². The zero-order chi connectivity index (χ0) is 16.9. The molecular formula is C20H20N2O3.